The van der Waals surface area contributed by atoms with Gasteiger partial charge in [-0.15, -0.1) is 12.4 Å². The van der Waals surface area contributed by atoms with Gasteiger partial charge in [-0.3, -0.25) is 4.79 Å². The van der Waals surface area contributed by atoms with Crippen molar-refractivity contribution in [3.63, 3.8) is 0 Å². The molecule has 2 aromatic carbocycles. The third-order valence-corrected chi connectivity index (χ3v) is 5.14. The van der Waals surface area contributed by atoms with E-state index >= 15 is 0 Å². The maximum absolute atomic E-state index is 12.0. The Labute approximate surface area is 158 Å². The molecular weight excluding hydrogens is 360 g/mol. The van der Waals surface area contributed by atoms with Crippen LogP contribution in [0.5, 0.6) is 0 Å². The van der Waals surface area contributed by atoms with Gasteiger partial charge in [0, 0.05) is 16.3 Å². The molecule has 6 heteroatoms. The van der Waals surface area contributed by atoms with Crippen molar-refractivity contribution in [1.29, 1.82) is 0 Å². The van der Waals surface area contributed by atoms with Crippen molar-refractivity contribution in [3.05, 3.63) is 60.2 Å². The minimum absolute atomic E-state index is 0. The second-order valence-electron chi connectivity index (χ2n) is 5.13. The lowest BCUT2D eigenvalue weighted by molar-refractivity contribution is -0.122. The first-order valence-corrected chi connectivity index (χ1v) is 9.75. The summed E-state index contributed by atoms with van der Waals surface area (Å²) in [5, 5.41) is 2.95. The average molecular weight is 383 g/mol. The van der Waals surface area contributed by atoms with Gasteiger partial charge < -0.3 is 11.1 Å². The van der Waals surface area contributed by atoms with Gasteiger partial charge in [0.05, 0.1) is 6.04 Å². The van der Waals surface area contributed by atoms with E-state index in [1.54, 1.807) is 23.5 Å². The minimum atomic E-state index is -0.434. The van der Waals surface area contributed by atoms with Gasteiger partial charge >= 0.3 is 0 Å². The van der Waals surface area contributed by atoms with Gasteiger partial charge in [0.2, 0.25) is 5.91 Å². The summed E-state index contributed by atoms with van der Waals surface area (Å²) in [5.41, 5.74) is 7.00. The number of carbonyl (C=O) groups is 1. The van der Waals surface area contributed by atoms with E-state index in [0.29, 0.717) is 13.0 Å². The molecule has 0 fully saturated rings. The standard InChI is InChI=1S/C18H22N2OS2.ClH/c1-22-12-11-16(19)18(21)20-13-14-7-5-6-10-17(14)23-15-8-3-2-4-9-15;/h2-10,16H,11-13,19H2,1H3,(H,20,21);1H/t16-;/m0./s1. The van der Waals surface area contributed by atoms with Gasteiger partial charge in [0.25, 0.3) is 0 Å². The summed E-state index contributed by atoms with van der Waals surface area (Å²) in [6, 6.07) is 17.9. The van der Waals surface area contributed by atoms with Crippen molar-refractivity contribution in [3.8, 4) is 0 Å². The molecule has 130 valence electrons. The van der Waals surface area contributed by atoms with Crippen LogP contribution in [0.1, 0.15) is 12.0 Å². The van der Waals surface area contributed by atoms with Gasteiger partial charge in [0.1, 0.15) is 0 Å². The summed E-state index contributed by atoms with van der Waals surface area (Å²) < 4.78 is 0. The van der Waals surface area contributed by atoms with Gasteiger partial charge in [-0.1, -0.05) is 48.2 Å². The predicted molar refractivity (Wildman–Crippen MR) is 107 cm³/mol. The summed E-state index contributed by atoms with van der Waals surface area (Å²) >= 11 is 3.40. The first-order chi connectivity index (χ1) is 11.2. The summed E-state index contributed by atoms with van der Waals surface area (Å²) in [6.07, 6.45) is 2.72. The Bertz CT molecular complexity index is 625. The topological polar surface area (TPSA) is 55.1 Å². The van der Waals surface area contributed by atoms with Gasteiger partial charge in [-0.05, 0) is 42.2 Å². The monoisotopic (exact) mass is 382 g/mol. The SMILES string of the molecule is CSCC[C@H](N)C(=O)NCc1ccccc1Sc1ccccc1.Cl. The average Bonchev–Trinajstić information content (AvgIpc) is 2.59. The number of nitrogens with one attached hydrogen (secondary N) is 1. The quantitative estimate of drug-likeness (QED) is 0.725. The number of hydrogen-bond acceptors (Lipinski definition) is 4. The fraction of sp³-hybridized carbons (Fsp3) is 0.278. The Morgan fingerprint density at radius 2 is 1.79 bits per heavy atom. The number of amides is 1. The molecule has 1 atom stereocenters. The van der Waals surface area contributed by atoms with E-state index in [9.17, 15) is 4.79 Å². The highest BCUT2D eigenvalue weighted by Gasteiger charge is 2.13. The number of hydrogen-bond donors (Lipinski definition) is 2. The summed E-state index contributed by atoms with van der Waals surface area (Å²) in [7, 11) is 0. The van der Waals surface area contributed by atoms with E-state index in [0.717, 1.165) is 16.2 Å². The highest BCUT2D eigenvalue weighted by Crippen LogP contribution is 2.30. The van der Waals surface area contributed by atoms with Crippen LogP contribution in [-0.4, -0.2) is 24.0 Å². The second-order valence-corrected chi connectivity index (χ2v) is 7.23. The zero-order valence-corrected chi connectivity index (χ0v) is 16.1. The molecule has 3 nitrogen and oxygen atoms in total. The molecule has 24 heavy (non-hydrogen) atoms. The van der Waals surface area contributed by atoms with Crippen LogP contribution >= 0.6 is 35.9 Å². The van der Waals surface area contributed by atoms with E-state index in [2.05, 4.69) is 23.5 Å². The third-order valence-electron chi connectivity index (χ3n) is 3.37. The number of benzene rings is 2. The molecule has 0 aliphatic carbocycles. The Balaban J connectivity index is 0.00000288. The Morgan fingerprint density at radius 3 is 2.50 bits per heavy atom. The molecule has 0 saturated carbocycles. The van der Waals surface area contributed by atoms with Crippen LogP contribution in [0.2, 0.25) is 0 Å². The molecule has 3 N–H and O–H groups in total. The number of nitrogens with two attached hydrogens (primary N) is 1. The van der Waals surface area contributed by atoms with Crippen LogP contribution in [0.25, 0.3) is 0 Å². The molecular formula is C18H23ClN2OS2. The zero-order chi connectivity index (χ0) is 16.5. The molecule has 0 saturated heterocycles. The molecule has 0 radical (unpaired) electrons. The second kappa shape index (κ2) is 11.4. The highest BCUT2D eigenvalue weighted by atomic mass is 35.5. The molecule has 0 spiro atoms. The number of carbonyl (C=O) groups excluding carboxylic acids is 1. The van der Waals surface area contributed by atoms with Crippen LogP contribution in [-0.2, 0) is 11.3 Å². The van der Waals surface area contributed by atoms with Crippen molar-refractivity contribution in [2.45, 2.75) is 28.8 Å². The molecule has 2 rings (SSSR count). The van der Waals surface area contributed by atoms with Crippen LogP contribution in [0.4, 0.5) is 0 Å². The van der Waals surface area contributed by atoms with Crippen molar-refractivity contribution in [2.24, 2.45) is 5.73 Å². The maximum atomic E-state index is 12.0. The van der Waals surface area contributed by atoms with E-state index in [4.69, 9.17) is 5.73 Å². The molecule has 1 amide bonds. The van der Waals surface area contributed by atoms with E-state index < -0.39 is 6.04 Å². The van der Waals surface area contributed by atoms with Crippen molar-refractivity contribution in [1.82, 2.24) is 5.32 Å². The number of thioether (sulfide) groups is 1. The van der Waals surface area contributed by atoms with Crippen molar-refractivity contribution < 1.29 is 4.79 Å². The van der Waals surface area contributed by atoms with Gasteiger partial charge in [0.15, 0.2) is 0 Å². The van der Waals surface area contributed by atoms with Crippen molar-refractivity contribution in [2.75, 3.05) is 12.0 Å². The van der Waals surface area contributed by atoms with Crippen LogP contribution in [0.15, 0.2) is 64.4 Å². The summed E-state index contributed by atoms with van der Waals surface area (Å²) in [6.45, 7) is 0.502. The van der Waals surface area contributed by atoms with E-state index in [1.165, 1.54) is 4.90 Å². The Morgan fingerprint density at radius 1 is 1.12 bits per heavy atom. The lowest BCUT2D eigenvalue weighted by Crippen LogP contribution is -2.40. The lowest BCUT2D eigenvalue weighted by atomic mass is 10.2. The Hall–Kier alpha value is -1.14. The molecule has 0 aliphatic rings. The van der Waals surface area contributed by atoms with Crippen LogP contribution < -0.4 is 11.1 Å². The first kappa shape index (κ1) is 20.9. The maximum Gasteiger partial charge on any atom is 0.237 e. The molecule has 2 aromatic rings. The largest absolute Gasteiger partial charge is 0.351 e. The van der Waals surface area contributed by atoms with E-state index in [1.807, 2.05) is 42.7 Å². The van der Waals surface area contributed by atoms with Gasteiger partial charge in [-0.25, -0.2) is 0 Å². The Kier molecular flexibility index (Phi) is 9.95. The number of rotatable bonds is 8. The molecule has 0 aromatic heterocycles. The predicted octanol–water partition coefficient (Wildman–Crippen LogP) is 3.96. The smallest absolute Gasteiger partial charge is 0.237 e. The molecule has 0 heterocycles. The van der Waals surface area contributed by atoms with Crippen molar-refractivity contribution >= 4 is 41.8 Å². The van der Waals surface area contributed by atoms with E-state index in [-0.39, 0.29) is 18.3 Å². The third kappa shape index (κ3) is 6.77. The first-order valence-electron chi connectivity index (χ1n) is 7.53. The molecule has 0 aliphatic heterocycles. The fourth-order valence-corrected chi connectivity index (χ4v) is 3.51. The highest BCUT2D eigenvalue weighted by molar-refractivity contribution is 7.99. The summed E-state index contributed by atoms with van der Waals surface area (Å²) in [4.78, 5) is 14.4. The minimum Gasteiger partial charge on any atom is -0.351 e. The van der Waals surface area contributed by atoms with Gasteiger partial charge in [-0.2, -0.15) is 11.8 Å². The normalized spacial score (nSPS) is 11.4. The lowest BCUT2D eigenvalue weighted by Gasteiger charge is -2.13. The fourth-order valence-electron chi connectivity index (χ4n) is 2.05. The molecule has 0 bridgehead atoms. The van der Waals surface area contributed by atoms with Crippen LogP contribution in [0.3, 0.4) is 0 Å². The summed E-state index contributed by atoms with van der Waals surface area (Å²) in [5.74, 6) is 0.813. The number of halogens is 1. The zero-order valence-electron chi connectivity index (χ0n) is 13.6. The molecule has 0 unspecified atom stereocenters. The van der Waals surface area contributed by atoms with Crippen LogP contribution in [0, 0.1) is 0 Å².